The third-order valence-corrected chi connectivity index (χ3v) is 4.80. The number of aromatic amines is 1. The summed E-state index contributed by atoms with van der Waals surface area (Å²) in [6.45, 7) is 4.32. The number of hydrogen-bond acceptors (Lipinski definition) is 2. The van der Waals surface area contributed by atoms with Gasteiger partial charge in [-0.25, -0.2) is 8.78 Å². The van der Waals surface area contributed by atoms with E-state index in [0.29, 0.717) is 5.56 Å². The number of H-pyrrole nitrogens is 1. The largest absolute Gasteiger partial charge is 0.379 e. The second-order valence-corrected chi connectivity index (χ2v) is 6.36. The molecule has 1 N–H and O–H groups in total. The molecule has 5 heteroatoms. The van der Waals surface area contributed by atoms with Crippen molar-refractivity contribution in [3.8, 4) is 11.3 Å². The molecular formula is C20H20F2N2O. The highest BCUT2D eigenvalue weighted by Crippen LogP contribution is 2.31. The Morgan fingerprint density at radius 3 is 2.60 bits per heavy atom. The quantitative estimate of drug-likeness (QED) is 0.777. The highest BCUT2D eigenvalue weighted by molar-refractivity contribution is 5.90. The van der Waals surface area contributed by atoms with E-state index in [1.165, 1.54) is 12.1 Å². The van der Waals surface area contributed by atoms with Gasteiger partial charge in [-0.15, -0.1) is 0 Å². The van der Waals surface area contributed by atoms with Crippen LogP contribution in [-0.2, 0) is 11.2 Å². The summed E-state index contributed by atoms with van der Waals surface area (Å²) in [6.07, 6.45) is 0.846. The van der Waals surface area contributed by atoms with Gasteiger partial charge in [0.25, 0.3) is 0 Å². The molecule has 3 aromatic rings. The van der Waals surface area contributed by atoms with Crippen LogP contribution in [0, 0.1) is 11.6 Å². The zero-order chi connectivity index (χ0) is 17.2. The van der Waals surface area contributed by atoms with Gasteiger partial charge in [0.05, 0.1) is 13.2 Å². The fraction of sp³-hybridized carbons (Fsp3) is 0.300. The number of nitrogens with one attached hydrogen (secondary N) is 1. The lowest BCUT2D eigenvalue weighted by atomic mass is 10.0. The summed E-state index contributed by atoms with van der Waals surface area (Å²) in [4.78, 5) is 5.76. The number of para-hydroxylation sites is 1. The van der Waals surface area contributed by atoms with Gasteiger partial charge in [-0.3, -0.25) is 4.90 Å². The molecule has 1 saturated heterocycles. The molecule has 4 rings (SSSR count). The van der Waals surface area contributed by atoms with Crippen molar-refractivity contribution in [3.05, 3.63) is 59.7 Å². The number of rotatable bonds is 4. The summed E-state index contributed by atoms with van der Waals surface area (Å²) in [5, 5.41) is 1.13. The average Bonchev–Trinajstić information content (AvgIpc) is 3.02. The van der Waals surface area contributed by atoms with E-state index in [2.05, 4.69) is 16.0 Å². The van der Waals surface area contributed by atoms with Crippen molar-refractivity contribution in [2.24, 2.45) is 0 Å². The van der Waals surface area contributed by atoms with Crippen molar-refractivity contribution < 1.29 is 13.5 Å². The summed E-state index contributed by atoms with van der Waals surface area (Å²) in [5.41, 5.74) is 3.70. The number of morpholine rings is 1. The molecule has 0 unspecified atom stereocenters. The first kappa shape index (κ1) is 16.2. The predicted octanol–water partition coefficient (Wildman–Crippen LogP) is 3.99. The van der Waals surface area contributed by atoms with Crippen LogP contribution in [-0.4, -0.2) is 42.7 Å². The highest BCUT2D eigenvalue weighted by atomic mass is 19.2. The minimum Gasteiger partial charge on any atom is -0.379 e. The van der Waals surface area contributed by atoms with Crippen molar-refractivity contribution in [2.45, 2.75) is 6.42 Å². The molecule has 3 nitrogen and oxygen atoms in total. The third kappa shape index (κ3) is 3.30. The maximum Gasteiger partial charge on any atom is 0.159 e. The number of benzene rings is 2. The number of nitrogens with zero attached hydrogens (tertiary/aromatic N) is 1. The van der Waals surface area contributed by atoms with Gasteiger partial charge in [0, 0.05) is 41.8 Å². The molecule has 0 saturated carbocycles. The Bertz CT molecular complexity index is 885. The maximum atomic E-state index is 13.7. The number of halogens is 2. The lowest BCUT2D eigenvalue weighted by Gasteiger charge is -2.26. The van der Waals surface area contributed by atoms with Gasteiger partial charge in [-0.05, 0) is 36.2 Å². The topological polar surface area (TPSA) is 28.3 Å². The molecule has 0 bridgehead atoms. The van der Waals surface area contributed by atoms with Crippen LogP contribution >= 0.6 is 0 Å². The SMILES string of the molecule is Fc1ccc(-c2[nH]c3ccccc3c2CCN2CCOCC2)cc1F. The minimum absolute atomic E-state index is 0.673. The molecule has 0 radical (unpaired) electrons. The third-order valence-electron chi connectivity index (χ3n) is 4.80. The highest BCUT2D eigenvalue weighted by Gasteiger charge is 2.17. The van der Waals surface area contributed by atoms with E-state index in [1.54, 1.807) is 6.07 Å². The van der Waals surface area contributed by atoms with Gasteiger partial charge >= 0.3 is 0 Å². The van der Waals surface area contributed by atoms with Gasteiger partial charge < -0.3 is 9.72 Å². The van der Waals surface area contributed by atoms with E-state index in [4.69, 9.17) is 4.74 Å². The number of ether oxygens (including phenoxy) is 1. The Labute approximate surface area is 145 Å². The maximum absolute atomic E-state index is 13.7. The van der Waals surface area contributed by atoms with Crippen molar-refractivity contribution in [1.82, 2.24) is 9.88 Å². The molecule has 0 aliphatic carbocycles. The molecule has 0 amide bonds. The summed E-state index contributed by atoms with van der Waals surface area (Å²) in [7, 11) is 0. The van der Waals surface area contributed by atoms with Crippen LogP contribution in [0.2, 0.25) is 0 Å². The van der Waals surface area contributed by atoms with Gasteiger partial charge in [0.15, 0.2) is 11.6 Å². The Kier molecular flexibility index (Phi) is 4.51. The lowest BCUT2D eigenvalue weighted by molar-refractivity contribution is 0.0385. The van der Waals surface area contributed by atoms with Crippen LogP contribution in [0.25, 0.3) is 22.2 Å². The van der Waals surface area contributed by atoms with Gasteiger partial charge in [-0.1, -0.05) is 18.2 Å². The van der Waals surface area contributed by atoms with Gasteiger partial charge in [-0.2, -0.15) is 0 Å². The van der Waals surface area contributed by atoms with Crippen LogP contribution in [0.1, 0.15) is 5.56 Å². The number of hydrogen-bond donors (Lipinski definition) is 1. The molecule has 0 spiro atoms. The van der Waals surface area contributed by atoms with Crippen molar-refractivity contribution >= 4 is 10.9 Å². The number of aromatic nitrogens is 1. The Morgan fingerprint density at radius 2 is 1.80 bits per heavy atom. The van der Waals surface area contributed by atoms with E-state index in [0.717, 1.165) is 61.4 Å². The van der Waals surface area contributed by atoms with E-state index >= 15 is 0 Å². The summed E-state index contributed by atoms with van der Waals surface area (Å²) in [5.74, 6) is -1.65. The fourth-order valence-corrected chi connectivity index (χ4v) is 3.45. The predicted molar refractivity (Wildman–Crippen MR) is 94.6 cm³/mol. The number of fused-ring (bicyclic) bond motifs is 1. The van der Waals surface area contributed by atoms with Crippen LogP contribution < -0.4 is 0 Å². The van der Waals surface area contributed by atoms with Crippen LogP contribution in [0.15, 0.2) is 42.5 Å². The summed E-state index contributed by atoms with van der Waals surface area (Å²) < 4.78 is 32.4. The molecule has 130 valence electrons. The van der Waals surface area contributed by atoms with E-state index in [1.807, 2.05) is 18.2 Å². The van der Waals surface area contributed by atoms with E-state index in [-0.39, 0.29) is 0 Å². The van der Waals surface area contributed by atoms with Crippen LogP contribution in [0.3, 0.4) is 0 Å². The lowest BCUT2D eigenvalue weighted by Crippen LogP contribution is -2.37. The molecule has 2 aromatic carbocycles. The van der Waals surface area contributed by atoms with E-state index < -0.39 is 11.6 Å². The van der Waals surface area contributed by atoms with Crippen LogP contribution in [0.5, 0.6) is 0 Å². The monoisotopic (exact) mass is 342 g/mol. The molecule has 1 aliphatic heterocycles. The first-order valence-corrected chi connectivity index (χ1v) is 8.57. The second-order valence-electron chi connectivity index (χ2n) is 6.36. The molecule has 1 fully saturated rings. The first-order chi connectivity index (χ1) is 12.2. The smallest absolute Gasteiger partial charge is 0.159 e. The normalized spacial score (nSPS) is 15.8. The van der Waals surface area contributed by atoms with Gasteiger partial charge in [0.2, 0.25) is 0 Å². The zero-order valence-corrected chi connectivity index (χ0v) is 13.9. The van der Waals surface area contributed by atoms with Gasteiger partial charge in [0.1, 0.15) is 0 Å². The molecule has 1 aromatic heterocycles. The van der Waals surface area contributed by atoms with Crippen LogP contribution in [0.4, 0.5) is 8.78 Å². The average molecular weight is 342 g/mol. The zero-order valence-electron chi connectivity index (χ0n) is 13.9. The standard InChI is InChI=1S/C20H20F2N2O/c21-17-6-5-14(13-18(17)22)20-16(7-8-24-9-11-25-12-10-24)15-3-1-2-4-19(15)23-20/h1-6,13,23H,7-12H2. The first-order valence-electron chi connectivity index (χ1n) is 8.57. The summed E-state index contributed by atoms with van der Waals surface area (Å²) in [6, 6.07) is 12.1. The molecule has 0 atom stereocenters. The molecular weight excluding hydrogens is 322 g/mol. The van der Waals surface area contributed by atoms with Crippen molar-refractivity contribution in [3.63, 3.8) is 0 Å². The minimum atomic E-state index is -0.824. The summed E-state index contributed by atoms with van der Waals surface area (Å²) >= 11 is 0. The Hall–Kier alpha value is -2.24. The molecule has 1 aliphatic rings. The Morgan fingerprint density at radius 1 is 1.00 bits per heavy atom. The second kappa shape index (κ2) is 6.94. The van der Waals surface area contributed by atoms with E-state index in [9.17, 15) is 8.78 Å². The molecule has 2 heterocycles. The fourth-order valence-electron chi connectivity index (χ4n) is 3.45. The Balaban J connectivity index is 1.71. The van der Waals surface area contributed by atoms with Crippen molar-refractivity contribution in [1.29, 1.82) is 0 Å². The molecule has 25 heavy (non-hydrogen) atoms. The van der Waals surface area contributed by atoms with Crippen molar-refractivity contribution in [2.75, 3.05) is 32.8 Å².